The first-order chi connectivity index (χ1) is 8.15. The van der Waals surface area contributed by atoms with E-state index in [0.717, 1.165) is 11.1 Å². The van der Waals surface area contributed by atoms with Crippen molar-refractivity contribution >= 4 is 5.69 Å². The van der Waals surface area contributed by atoms with Gasteiger partial charge in [0.2, 0.25) is 0 Å². The molecule has 1 aromatic carbocycles. The van der Waals surface area contributed by atoms with E-state index in [-0.39, 0.29) is 12.4 Å². The molecule has 0 spiro atoms. The summed E-state index contributed by atoms with van der Waals surface area (Å²) >= 11 is 0. The van der Waals surface area contributed by atoms with Gasteiger partial charge >= 0.3 is 0 Å². The summed E-state index contributed by atoms with van der Waals surface area (Å²) in [6.45, 7) is 2.23. The van der Waals surface area contributed by atoms with E-state index in [4.69, 9.17) is 10.5 Å². The highest BCUT2D eigenvalue weighted by molar-refractivity contribution is 5.42. The van der Waals surface area contributed by atoms with Gasteiger partial charge in [0.25, 0.3) is 0 Å². The Hall–Kier alpha value is -2.10. The Bertz CT molecular complexity index is 529. The zero-order valence-electron chi connectivity index (χ0n) is 9.48. The van der Waals surface area contributed by atoms with Crippen LogP contribution in [0.4, 0.5) is 10.1 Å². The summed E-state index contributed by atoms with van der Waals surface area (Å²) in [4.78, 5) is 4.04. The molecular formula is C13H13FN2O. The maximum Gasteiger partial charge on any atom is 0.167 e. The molecule has 0 saturated carbocycles. The summed E-state index contributed by atoms with van der Waals surface area (Å²) in [6.07, 6.45) is 3.45. The molecule has 1 aromatic heterocycles. The van der Waals surface area contributed by atoms with Crippen molar-refractivity contribution in [2.75, 3.05) is 5.73 Å². The van der Waals surface area contributed by atoms with Gasteiger partial charge in [0.15, 0.2) is 11.6 Å². The second-order valence-electron chi connectivity index (χ2n) is 3.85. The van der Waals surface area contributed by atoms with Crippen molar-refractivity contribution in [3.05, 3.63) is 53.6 Å². The van der Waals surface area contributed by atoms with Crippen LogP contribution in [-0.2, 0) is 6.61 Å². The average Bonchev–Trinajstić information content (AvgIpc) is 2.28. The lowest BCUT2D eigenvalue weighted by atomic mass is 10.2. The molecule has 0 amide bonds. The molecule has 0 saturated heterocycles. The van der Waals surface area contributed by atoms with E-state index < -0.39 is 5.82 Å². The molecule has 0 atom stereocenters. The third-order valence-electron chi connectivity index (χ3n) is 2.28. The Morgan fingerprint density at radius 2 is 2.12 bits per heavy atom. The normalized spacial score (nSPS) is 10.2. The fourth-order valence-electron chi connectivity index (χ4n) is 1.49. The molecule has 0 aliphatic heterocycles. The van der Waals surface area contributed by atoms with Crippen LogP contribution >= 0.6 is 0 Å². The minimum absolute atomic E-state index is 0.195. The molecule has 3 nitrogen and oxygen atoms in total. The third kappa shape index (κ3) is 2.93. The van der Waals surface area contributed by atoms with Crippen LogP contribution in [-0.4, -0.2) is 4.98 Å². The first kappa shape index (κ1) is 11.4. The van der Waals surface area contributed by atoms with Crippen molar-refractivity contribution in [2.24, 2.45) is 0 Å². The molecule has 0 aliphatic rings. The summed E-state index contributed by atoms with van der Waals surface area (Å²) in [5.74, 6) is -0.258. The predicted octanol–water partition coefficient (Wildman–Crippen LogP) is 2.69. The number of rotatable bonds is 3. The highest BCUT2D eigenvalue weighted by Gasteiger charge is 2.04. The Labute approximate surface area is 99.1 Å². The number of ether oxygens (including phenoxy) is 1. The SMILES string of the molecule is Cc1cncc(COc2ccc(N)cc2F)c1. The lowest BCUT2D eigenvalue weighted by Crippen LogP contribution is -1.99. The van der Waals surface area contributed by atoms with E-state index in [0.29, 0.717) is 5.69 Å². The summed E-state index contributed by atoms with van der Waals surface area (Å²) < 4.78 is 18.8. The van der Waals surface area contributed by atoms with Crippen LogP contribution in [0.3, 0.4) is 0 Å². The molecule has 0 radical (unpaired) electrons. The molecule has 88 valence electrons. The largest absolute Gasteiger partial charge is 0.486 e. The molecule has 2 N–H and O–H groups in total. The predicted molar refractivity (Wildman–Crippen MR) is 64.1 cm³/mol. The quantitative estimate of drug-likeness (QED) is 0.828. The number of halogens is 1. The second kappa shape index (κ2) is 4.82. The Morgan fingerprint density at radius 1 is 1.29 bits per heavy atom. The molecule has 0 aliphatic carbocycles. The zero-order valence-corrected chi connectivity index (χ0v) is 9.48. The van der Waals surface area contributed by atoms with E-state index in [1.807, 2.05) is 13.0 Å². The Kier molecular flexibility index (Phi) is 3.23. The number of nitrogens with two attached hydrogens (primary N) is 1. The van der Waals surface area contributed by atoms with E-state index in [1.54, 1.807) is 18.5 Å². The van der Waals surface area contributed by atoms with Crippen molar-refractivity contribution in [1.82, 2.24) is 4.98 Å². The molecular weight excluding hydrogens is 219 g/mol. The van der Waals surface area contributed by atoms with Crippen LogP contribution in [0.5, 0.6) is 5.75 Å². The minimum Gasteiger partial charge on any atom is -0.486 e. The van der Waals surface area contributed by atoms with Crippen LogP contribution in [0, 0.1) is 12.7 Å². The molecule has 4 heteroatoms. The van der Waals surface area contributed by atoms with Gasteiger partial charge in [-0.3, -0.25) is 4.98 Å². The van der Waals surface area contributed by atoms with Crippen molar-refractivity contribution in [3.63, 3.8) is 0 Å². The van der Waals surface area contributed by atoms with Gasteiger partial charge in [-0.05, 0) is 30.7 Å². The smallest absolute Gasteiger partial charge is 0.167 e. The maximum absolute atomic E-state index is 13.4. The zero-order chi connectivity index (χ0) is 12.3. The van der Waals surface area contributed by atoms with Gasteiger partial charge in [0.1, 0.15) is 6.61 Å². The topological polar surface area (TPSA) is 48.1 Å². The van der Waals surface area contributed by atoms with Crippen molar-refractivity contribution in [3.8, 4) is 5.75 Å². The van der Waals surface area contributed by atoms with Gasteiger partial charge < -0.3 is 10.5 Å². The lowest BCUT2D eigenvalue weighted by Gasteiger charge is -2.07. The van der Waals surface area contributed by atoms with Crippen LogP contribution in [0.25, 0.3) is 0 Å². The molecule has 2 aromatic rings. The first-order valence-electron chi connectivity index (χ1n) is 5.23. The number of benzene rings is 1. The number of pyridine rings is 1. The number of hydrogen-bond donors (Lipinski definition) is 1. The van der Waals surface area contributed by atoms with Gasteiger partial charge in [0, 0.05) is 29.7 Å². The van der Waals surface area contributed by atoms with Crippen LogP contribution in [0.15, 0.2) is 36.7 Å². The highest BCUT2D eigenvalue weighted by Crippen LogP contribution is 2.20. The van der Waals surface area contributed by atoms with Gasteiger partial charge in [0.05, 0.1) is 0 Å². The molecule has 0 fully saturated rings. The molecule has 0 bridgehead atoms. The van der Waals surface area contributed by atoms with Gasteiger partial charge in [-0.2, -0.15) is 0 Å². The minimum atomic E-state index is -0.453. The number of aromatic nitrogens is 1. The van der Waals surface area contributed by atoms with Crippen molar-refractivity contribution in [2.45, 2.75) is 13.5 Å². The molecule has 17 heavy (non-hydrogen) atoms. The highest BCUT2D eigenvalue weighted by atomic mass is 19.1. The van der Waals surface area contributed by atoms with Gasteiger partial charge in [-0.1, -0.05) is 0 Å². The Morgan fingerprint density at radius 3 is 2.82 bits per heavy atom. The second-order valence-corrected chi connectivity index (χ2v) is 3.85. The number of aryl methyl sites for hydroxylation is 1. The van der Waals surface area contributed by atoms with E-state index >= 15 is 0 Å². The fraction of sp³-hybridized carbons (Fsp3) is 0.154. The standard InChI is InChI=1S/C13H13FN2O/c1-9-4-10(7-16-6-9)8-17-13-3-2-11(15)5-12(13)14/h2-7H,8,15H2,1H3. The average molecular weight is 232 g/mol. The molecule has 2 rings (SSSR count). The monoisotopic (exact) mass is 232 g/mol. The fourth-order valence-corrected chi connectivity index (χ4v) is 1.49. The van der Waals surface area contributed by atoms with Gasteiger partial charge in [-0.25, -0.2) is 4.39 Å². The summed E-state index contributed by atoms with van der Waals surface area (Å²) in [5, 5.41) is 0. The number of nitrogens with zero attached hydrogens (tertiary/aromatic N) is 1. The summed E-state index contributed by atoms with van der Waals surface area (Å²) in [7, 11) is 0. The maximum atomic E-state index is 13.4. The number of nitrogen functional groups attached to an aromatic ring is 1. The summed E-state index contributed by atoms with van der Waals surface area (Å²) in [6, 6.07) is 6.31. The molecule has 1 heterocycles. The van der Waals surface area contributed by atoms with E-state index in [9.17, 15) is 4.39 Å². The third-order valence-corrected chi connectivity index (χ3v) is 2.28. The van der Waals surface area contributed by atoms with Crippen LogP contribution in [0.2, 0.25) is 0 Å². The van der Waals surface area contributed by atoms with Crippen LogP contribution in [0.1, 0.15) is 11.1 Å². The van der Waals surface area contributed by atoms with Crippen molar-refractivity contribution in [1.29, 1.82) is 0 Å². The van der Waals surface area contributed by atoms with Crippen LogP contribution < -0.4 is 10.5 Å². The summed E-state index contributed by atoms with van der Waals surface area (Å²) in [5.41, 5.74) is 7.78. The molecule has 0 unspecified atom stereocenters. The van der Waals surface area contributed by atoms with E-state index in [1.165, 1.54) is 12.1 Å². The lowest BCUT2D eigenvalue weighted by molar-refractivity contribution is 0.290. The number of hydrogen-bond acceptors (Lipinski definition) is 3. The van der Waals surface area contributed by atoms with Crippen molar-refractivity contribution < 1.29 is 9.13 Å². The number of anilines is 1. The Balaban J connectivity index is 2.07. The van der Waals surface area contributed by atoms with E-state index in [2.05, 4.69) is 4.98 Å². The van der Waals surface area contributed by atoms with Gasteiger partial charge in [-0.15, -0.1) is 0 Å². The first-order valence-corrected chi connectivity index (χ1v) is 5.23.